The average Bonchev–Trinajstić information content (AvgIpc) is 2.84. The van der Waals surface area contributed by atoms with Gasteiger partial charge in [0.05, 0.1) is 17.9 Å². The summed E-state index contributed by atoms with van der Waals surface area (Å²) in [5, 5.41) is 13.4. The summed E-state index contributed by atoms with van der Waals surface area (Å²) in [5.41, 5.74) is 1.77. The molecule has 0 spiro atoms. The number of aliphatic carboxylic acids is 1. The Morgan fingerprint density at radius 1 is 1.61 bits per heavy atom. The summed E-state index contributed by atoms with van der Waals surface area (Å²) in [6.07, 6.45) is 0.712. The highest BCUT2D eigenvalue weighted by Gasteiger charge is 2.36. The lowest BCUT2D eigenvalue weighted by molar-refractivity contribution is -0.146. The predicted octanol–water partition coefficient (Wildman–Crippen LogP) is 0.787. The predicted molar refractivity (Wildman–Crippen MR) is 63.8 cm³/mol. The first-order valence-corrected chi connectivity index (χ1v) is 6.08. The molecule has 2 heterocycles. The number of carboxylic acids is 1. The number of carboxylic acid groups (broad SMARTS) is 1. The lowest BCUT2D eigenvalue weighted by Gasteiger charge is -2.21. The van der Waals surface area contributed by atoms with E-state index in [1.165, 1.54) is 4.90 Å². The van der Waals surface area contributed by atoms with Gasteiger partial charge in [0.2, 0.25) is 5.91 Å². The highest BCUT2D eigenvalue weighted by Crippen LogP contribution is 2.22. The van der Waals surface area contributed by atoms with Crippen LogP contribution >= 0.6 is 0 Å². The van der Waals surface area contributed by atoms with E-state index in [2.05, 4.69) is 5.10 Å². The van der Waals surface area contributed by atoms with E-state index in [0.29, 0.717) is 25.9 Å². The van der Waals surface area contributed by atoms with Crippen molar-refractivity contribution in [2.24, 2.45) is 0 Å². The molecule has 1 N–H and O–H groups in total. The van der Waals surface area contributed by atoms with Gasteiger partial charge in [-0.1, -0.05) is 0 Å². The van der Waals surface area contributed by atoms with Crippen molar-refractivity contribution in [3.05, 3.63) is 17.5 Å². The van der Waals surface area contributed by atoms with E-state index in [9.17, 15) is 9.59 Å². The zero-order valence-electron chi connectivity index (χ0n) is 10.6. The first-order valence-electron chi connectivity index (χ1n) is 6.08. The fourth-order valence-electron chi connectivity index (χ4n) is 2.36. The van der Waals surface area contributed by atoms with Crippen LogP contribution in [0.15, 0.2) is 6.07 Å². The van der Waals surface area contributed by atoms with Crippen LogP contribution < -0.4 is 0 Å². The van der Waals surface area contributed by atoms with Crippen LogP contribution in [0.5, 0.6) is 0 Å². The van der Waals surface area contributed by atoms with Crippen LogP contribution in [0.1, 0.15) is 31.2 Å². The van der Waals surface area contributed by atoms with Gasteiger partial charge in [-0.05, 0) is 26.3 Å². The van der Waals surface area contributed by atoms with Gasteiger partial charge in [0.15, 0.2) is 0 Å². The maximum atomic E-state index is 11.7. The minimum absolute atomic E-state index is 0.0936. The first-order chi connectivity index (χ1) is 8.52. The summed E-state index contributed by atoms with van der Waals surface area (Å²) in [7, 11) is 0. The third-order valence-electron chi connectivity index (χ3n) is 3.23. The van der Waals surface area contributed by atoms with E-state index < -0.39 is 12.0 Å². The van der Waals surface area contributed by atoms with Crippen LogP contribution in [0.2, 0.25) is 0 Å². The van der Waals surface area contributed by atoms with Gasteiger partial charge in [0.25, 0.3) is 0 Å². The number of aromatic nitrogens is 2. The summed E-state index contributed by atoms with van der Waals surface area (Å²) in [4.78, 5) is 24.3. The van der Waals surface area contributed by atoms with Crippen LogP contribution in [0, 0.1) is 6.92 Å². The van der Waals surface area contributed by atoms with E-state index in [0.717, 1.165) is 11.4 Å². The highest BCUT2D eigenvalue weighted by molar-refractivity contribution is 5.87. The molecule has 18 heavy (non-hydrogen) atoms. The molecule has 1 fully saturated rings. The number of hydrogen-bond donors (Lipinski definition) is 1. The van der Waals surface area contributed by atoms with Gasteiger partial charge in [-0.3, -0.25) is 9.48 Å². The van der Waals surface area contributed by atoms with Gasteiger partial charge < -0.3 is 10.0 Å². The van der Waals surface area contributed by atoms with Crippen LogP contribution in [-0.2, 0) is 22.7 Å². The number of amides is 1. The third-order valence-corrected chi connectivity index (χ3v) is 3.23. The third kappa shape index (κ3) is 2.23. The number of carbonyl (C=O) groups excluding carboxylic acids is 1. The molecule has 0 radical (unpaired) electrons. The second kappa shape index (κ2) is 4.80. The molecule has 0 aliphatic carbocycles. The Hall–Kier alpha value is -1.85. The summed E-state index contributed by atoms with van der Waals surface area (Å²) in [6, 6.07) is 1.20. The summed E-state index contributed by atoms with van der Waals surface area (Å²) in [5.74, 6) is -1.02. The monoisotopic (exact) mass is 251 g/mol. The molecule has 1 aromatic heterocycles. The first kappa shape index (κ1) is 12.6. The van der Waals surface area contributed by atoms with Crippen LogP contribution in [0.4, 0.5) is 0 Å². The van der Waals surface area contributed by atoms with Crippen LogP contribution in [-0.4, -0.2) is 37.7 Å². The number of nitrogens with zero attached hydrogens (tertiary/aromatic N) is 3. The number of likely N-dealkylation sites (tertiary alicyclic amines) is 1. The second-order valence-electron chi connectivity index (χ2n) is 4.51. The van der Waals surface area contributed by atoms with E-state index in [1.54, 1.807) is 4.68 Å². The Balaban J connectivity index is 2.21. The fraction of sp³-hybridized carbons (Fsp3) is 0.583. The molecule has 1 amide bonds. The van der Waals surface area contributed by atoms with Crippen LogP contribution in [0.3, 0.4) is 0 Å². The van der Waals surface area contributed by atoms with Crippen molar-refractivity contribution in [1.29, 1.82) is 0 Å². The van der Waals surface area contributed by atoms with Gasteiger partial charge in [-0.15, -0.1) is 0 Å². The van der Waals surface area contributed by atoms with Gasteiger partial charge >= 0.3 is 5.97 Å². The molecular weight excluding hydrogens is 234 g/mol. The molecule has 98 valence electrons. The zero-order chi connectivity index (χ0) is 13.3. The number of aryl methyl sites for hydroxylation is 2. The van der Waals surface area contributed by atoms with Gasteiger partial charge in [-0.2, -0.15) is 5.10 Å². The molecule has 1 aliphatic rings. The molecule has 6 heteroatoms. The normalized spacial score (nSPS) is 19.6. The Morgan fingerprint density at radius 2 is 2.33 bits per heavy atom. The van der Waals surface area contributed by atoms with Gasteiger partial charge in [0.1, 0.15) is 6.04 Å². The zero-order valence-corrected chi connectivity index (χ0v) is 10.6. The molecule has 0 saturated carbocycles. The van der Waals surface area contributed by atoms with Crippen molar-refractivity contribution in [2.75, 3.05) is 0 Å². The molecular formula is C12H17N3O3. The molecule has 1 aromatic rings. The maximum absolute atomic E-state index is 11.7. The van der Waals surface area contributed by atoms with Crippen LogP contribution in [0.25, 0.3) is 0 Å². The number of hydrogen-bond acceptors (Lipinski definition) is 3. The summed E-state index contributed by atoms with van der Waals surface area (Å²) >= 11 is 0. The Bertz CT molecular complexity index is 481. The number of carbonyl (C=O) groups is 2. The SMILES string of the molecule is CCn1nc(C)cc1CN1C(=O)CCC1C(=O)O. The van der Waals surface area contributed by atoms with Gasteiger partial charge in [-0.25, -0.2) is 4.79 Å². The Morgan fingerprint density at radius 3 is 2.94 bits per heavy atom. The van der Waals surface area contributed by atoms with E-state index in [4.69, 9.17) is 5.11 Å². The molecule has 6 nitrogen and oxygen atoms in total. The Kier molecular flexibility index (Phi) is 3.36. The number of rotatable bonds is 4. The molecule has 1 unspecified atom stereocenters. The molecule has 2 rings (SSSR count). The summed E-state index contributed by atoms with van der Waals surface area (Å²) < 4.78 is 1.81. The van der Waals surface area contributed by atoms with Crippen molar-refractivity contribution in [3.63, 3.8) is 0 Å². The topological polar surface area (TPSA) is 75.4 Å². The lowest BCUT2D eigenvalue weighted by atomic mass is 10.2. The Labute approximate surface area is 105 Å². The van der Waals surface area contributed by atoms with E-state index in [-0.39, 0.29) is 5.91 Å². The smallest absolute Gasteiger partial charge is 0.326 e. The molecule has 1 saturated heterocycles. The summed E-state index contributed by atoms with van der Waals surface area (Å²) in [6.45, 7) is 4.89. The van der Waals surface area contributed by atoms with Crippen molar-refractivity contribution in [1.82, 2.24) is 14.7 Å². The highest BCUT2D eigenvalue weighted by atomic mass is 16.4. The van der Waals surface area contributed by atoms with E-state index >= 15 is 0 Å². The fourth-order valence-corrected chi connectivity index (χ4v) is 2.36. The minimum atomic E-state index is -0.930. The van der Waals surface area contributed by atoms with Crippen molar-refractivity contribution < 1.29 is 14.7 Å². The quantitative estimate of drug-likeness (QED) is 0.858. The molecule has 0 bridgehead atoms. The second-order valence-corrected chi connectivity index (χ2v) is 4.51. The average molecular weight is 251 g/mol. The maximum Gasteiger partial charge on any atom is 0.326 e. The largest absolute Gasteiger partial charge is 0.480 e. The van der Waals surface area contributed by atoms with Gasteiger partial charge in [0, 0.05) is 13.0 Å². The standard InChI is InChI=1S/C12H17N3O3/c1-3-15-9(6-8(2)13-15)7-14-10(12(17)18)4-5-11(14)16/h6,10H,3-5,7H2,1-2H3,(H,17,18). The minimum Gasteiger partial charge on any atom is -0.480 e. The van der Waals surface area contributed by atoms with Crippen molar-refractivity contribution in [3.8, 4) is 0 Å². The van der Waals surface area contributed by atoms with E-state index in [1.807, 2.05) is 19.9 Å². The van der Waals surface area contributed by atoms with Crippen molar-refractivity contribution in [2.45, 2.75) is 45.8 Å². The van der Waals surface area contributed by atoms with Crippen molar-refractivity contribution >= 4 is 11.9 Å². The molecule has 1 aliphatic heterocycles. The molecule has 0 aromatic carbocycles. The lowest BCUT2D eigenvalue weighted by Crippen LogP contribution is -2.38. The molecule has 1 atom stereocenters.